The summed E-state index contributed by atoms with van der Waals surface area (Å²) in [6.45, 7) is 7.60. The van der Waals surface area contributed by atoms with Gasteiger partial charge in [-0.15, -0.1) is 0 Å². The second kappa shape index (κ2) is 6.18. The summed E-state index contributed by atoms with van der Waals surface area (Å²) < 4.78 is 0. The minimum Gasteiger partial charge on any atom is -0.314 e. The highest BCUT2D eigenvalue weighted by Crippen LogP contribution is 2.18. The number of hydrogen-bond donors (Lipinski definition) is 2. The molecular weight excluding hydrogens is 208 g/mol. The van der Waals surface area contributed by atoms with Crippen molar-refractivity contribution in [3.8, 4) is 0 Å². The Morgan fingerprint density at radius 3 is 2.76 bits per heavy atom. The van der Waals surface area contributed by atoms with Crippen LogP contribution in [0.5, 0.6) is 0 Å². The second-order valence-corrected chi connectivity index (χ2v) is 5.19. The SMILES string of the molecule is Cc1ccc(C)c(CNCCCNC2CC2)c1. The molecule has 0 radical (unpaired) electrons. The van der Waals surface area contributed by atoms with Crippen LogP contribution in [0.25, 0.3) is 0 Å². The minimum absolute atomic E-state index is 0.842. The van der Waals surface area contributed by atoms with Crippen molar-refractivity contribution in [2.24, 2.45) is 0 Å². The maximum absolute atomic E-state index is 3.54. The van der Waals surface area contributed by atoms with Crippen LogP contribution in [0.15, 0.2) is 18.2 Å². The first kappa shape index (κ1) is 12.6. The maximum Gasteiger partial charge on any atom is 0.0208 e. The molecule has 1 aromatic carbocycles. The predicted octanol–water partition coefficient (Wildman–Crippen LogP) is 2.54. The summed E-state index contributed by atoms with van der Waals surface area (Å²) in [4.78, 5) is 0. The zero-order chi connectivity index (χ0) is 12.1. The second-order valence-electron chi connectivity index (χ2n) is 5.19. The third-order valence-electron chi connectivity index (χ3n) is 3.36. The Kier molecular flexibility index (Phi) is 4.57. The Labute approximate surface area is 105 Å². The molecule has 1 aliphatic carbocycles. The summed E-state index contributed by atoms with van der Waals surface area (Å²) in [6.07, 6.45) is 3.99. The maximum atomic E-state index is 3.54. The van der Waals surface area contributed by atoms with Crippen molar-refractivity contribution in [1.29, 1.82) is 0 Å². The molecule has 0 spiro atoms. The molecule has 1 fully saturated rings. The molecule has 2 nitrogen and oxygen atoms in total. The van der Waals surface area contributed by atoms with Gasteiger partial charge in [-0.25, -0.2) is 0 Å². The van der Waals surface area contributed by atoms with Gasteiger partial charge in [-0.2, -0.15) is 0 Å². The normalized spacial score (nSPS) is 15.2. The number of aryl methyl sites for hydroxylation is 2. The summed E-state index contributed by atoms with van der Waals surface area (Å²) in [5.74, 6) is 0. The molecule has 0 unspecified atom stereocenters. The van der Waals surface area contributed by atoms with Crippen LogP contribution in [0.2, 0.25) is 0 Å². The monoisotopic (exact) mass is 232 g/mol. The molecule has 0 atom stereocenters. The molecule has 0 heterocycles. The molecule has 0 aromatic heterocycles. The average molecular weight is 232 g/mol. The summed E-state index contributed by atoms with van der Waals surface area (Å²) in [5, 5.41) is 7.06. The van der Waals surface area contributed by atoms with E-state index in [0.717, 1.165) is 25.7 Å². The highest BCUT2D eigenvalue weighted by atomic mass is 14.9. The molecule has 0 saturated heterocycles. The first-order valence-corrected chi connectivity index (χ1v) is 6.76. The quantitative estimate of drug-likeness (QED) is 0.706. The highest BCUT2D eigenvalue weighted by molar-refractivity contribution is 5.30. The van der Waals surface area contributed by atoms with Crippen molar-refractivity contribution >= 4 is 0 Å². The van der Waals surface area contributed by atoms with Crippen LogP contribution in [-0.2, 0) is 6.54 Å². The Hall–Kier alpha value is -0.860. The van der Waals surface area contributed by atoms with Crippen LogP contribution in [-0.4, -0.2) is 19.1 Å². The number of benzene rings is 1. The Bertz CT molecular complexity index is 356. The predicted molar refractivity (Wildman–Crippen MR) is 73.3 cm³/mol. The molecule has 1 saturated carbocycles. The summed E-state index contributed by atoms with van der Waals surface area (Å²) in [6, 6.07) is 7.51. The van der Waals surface area contributed by atoms with Gasteiger partial charge in [0, 0.05) is 12.6 Å². The van der Waals surface area contributed by atoms with Gasteiger partial charge < -0.3 is 10.6 Å². The third kappa shape index (κ3) is 4.49. The molecule has 0 bridgehead atoms. The van der Waals surface area contributed by atoms with E-state index in [1.165, 1.54) is 36.0 Å². The molecule has 0 aliphatic heterocycles. The zero-order valence-electron chi connectivity index (χ0n) is 11.1. The lowest BCUT2D eigenvalue weighted by Crippen LogP contribution is -2.23. The first-order valence-electron chi connectivity index (χ1n) is 6.76. The van der Waals surface area contributed by atoms with Crippen LogP contribution < -0.4 is 10.6 Å². The topological polar surface area (TPSA) is 24.1 Å². The van der Waals surface area contributed by atoms with E-state index in [4.69, 9.17) is 0 Å². The fourth-order valence-corrected chi connectivity index (χ4v) is 2.02. The van der Waals surface area contributed by atoms with Crippen LogP contribution >= 0.6 is 0 Å². The van der Waals surface area contributed by atoms with E-state index in [1.54, 1.807) is 0 Å². The van der Waals surface area contributed by atoms with Gasteiger partial charge >= 0.3 is 0 Å². The molecule has 2 heteroatoms. The molecule has 1 aliphatic rings. The lowest BCUT2D eigenvalue weighted by Gasteiger charge is -2.09. The highest BCUT2D eigenvalue weighted by Gasteiger charge is 2.19. The van der Waals surface area contributed by atoms with E-state index in [2.05, 4.69) is 42.7 Å². The Morgan fingerprint density at radius 2 is 2.00 bits per heavy atom. The van der Waals surface area contributed by atoms with Crippen molar-refractivity contribution in [2.75, 3.05) is 13.1 Å². The van der Waals surface area contributed by atoms with Crippen LogP contribution in [0.1, 0.15) is 36.0 Å². The van der Waals surface area contributed by atoms with Crippen LogP contribution in [0.3, 0.4) is 0 Å². The van der Waals surface area contributed by atoms with E-state index in [9.17, 15) is 0 Å². The van der Waals surface area contributed by atoms with Crippen molar-refractivity contribution in [1.82, 2.24) is 10.6 Å². The van der Waals surface area contributed by atoms with Crippen molar-refractivity contribution in [3.05, 3.63) is 34.9 Å². The minimum atomic E-state index is 0.842. The van der Waals surface area contributed by atoms with Crippen molar-refractivity contribution in [3.63, 3.8) is 0 Å². The molecular formula is C15H24N2. The van der Waals surface area contributed by atoms with Gasteiger partial charge in [-0.3, -0.25) is 0 Å². The van der Waals surface area contributed by atoms with Gasteiger partial charge in [0.2, 0.25) is 0 Å². The summed E-state index contributed by atoms with van der Waals surface area (Å²) in [7, 11) is 0. The van der Waals surface area contributed by atoms with Gasteiger partial charge in [0.1, 0.15) is 0 Å². The van der Waals surface area contributed by atoms with E-state index in [-0.39, 0.29) is 0 Å². The zero-order valence-corrected chi connectivity index (χ0v) is 11.1. The fourth-order valence-electron chi connectivity index (χ4n) is 2.02. The van der Waals surface area contributed by atoms with Gasteiger partial charge in [0.05, 0.1) is 0 Å². The first-order chi connectivity index (χ1) is 8.25. The molecule has 0 amide bonds. The van der Waals surface area contributed by atoms with E-state index in [0.29, 0.717) is 0 Å². The van der Waals surface area contributed by atoms with E-state index < -0.39 is 0 Å². The van der Waals surface area contributed by atoms with Gasteiger partial charge in [-0.1, -0.05) is 23.8 Å². The van der Waals surface area contributed by atoms with Crippen LogP contribution in [0, 0.1) is 13.8 Å². The average Bonchev–Trinajstić information content (AvgIpc) is 3.11. The summed E-state index contributed by atoms with van der Waals surface area (Å²) in [5.41, 5.74) is 4.17. The fraction of sp³-hybridized carbons (Fsp3) is 0.600. The Balaban J connectivity index is 1.61. The van der Waals surface area contributed by atoms with Gasteiger partial charge in [0.25, 0.3) is 0 Å². The summed E-state index contributed by atoms with van der Waals surface area (Å²) >= 11 is 0. The van der Waals surface area contributed by atoms with Crippen molar-refractivity contribution < 1.29 is 0 Å². The standard InChI is InChI=1S/C15H24N2/c1-12-4-5-13(2)14(10-12)11-16-8-3-9-17-15-6-7-15/h4-5,10,15-17H,3,6-9,11H2,1-2H3. The van der Waals surface area contributed by atoms with E-state index >= 15 is 0 Å². The third-order valence-corrected chi connectivity index (χ3v) is 3.36. The molecule has 94 valence electrons. The number of nitrogens with one attached hydrogen (secondary N) is 2. The lowest BCUT2D eigenvalue weighted by molar-refractivity contribution is 0.592. The number of hydrogen-bond acceptors (Lipinski definition) is 2. The number of rotatable bonds is 7. The largest absolute Gasteiger partial charge is 0.314 e. The van der Waals surface area contributed by atoms with Crippen LogP contribution in [0.4, 0.5) is 0 Å². The van der Waals surface area contributed by atoms with Gasteiger partial charge in [0.15, 0.2) is 0 Å². The van der Waals surface area contributed by atoms with Gasteiger partial charge in [-0.05, 0) is 57.3 Å². The Morgan fingerprint density at radius 1 is 1.18 bits per heavy atom. The molecule has 2 rings (SSSR count). The lowest BCUT2D eigenvalue weighted by atomic mass is 10.1. The molecule has 1 aromatic rings. The smallest absolute Gasteiger partial charge is 0.0208 e. The molecule has 2 N–H and O–H groups in total. The van der Waals surface area contributed by atoms with Crippen molar-refractivity contribution in [2.45, 2.75) is 45.7 Å². The van der Waals surface area contributed by atoms with E-state index in [1.807, 2.05) is 0 Å². The molecule has 17 heavy (non-hydrogen) atoms.